The molecule has 0 saturated carbocycles. The van der Waals surface area contributed by atoms with Gasteiger partial charge in [0.25, 0.3) is 10.1 Å². The summed E-state index contributed by atoms with van der Waals surface area (Å²) in [5.41, 5.74) is 1.15. The fraction of sp³-hybridized carbons (Fsp3) is 0.391. The van der Waals surface area contributed by atoms with Crippen LogP contribution in [0, 0.1) is 0 Å². The average molecular weight is 449 g/mol. The second-order valence-corrected chi connectivity index (χ2v) is 8.53. The first-order valence-electron chi connectivity index (χ1n) is 10.2. The van der Waals surface area contributed by atoms with Crippen LogP contribution < -0.4 is 0 Å². The van der Waals surface area contributed by atoms with E-state index in [2.05, 4.69) is 4.74 Å². The van der Waals surface area contributed by atoms with Crippen molar-refractivity contribution in [1.82, 2.24) is 0 Å². The molecule has 168 valence electrons. The number of benzene rings is 2. The first-order valence-corrected chi connectivity index (χ1v) is 11.6. The monoisotopic (exact) mass is 448 g/mol. The van der Waals surface area contributed by atoms with Gasteiger partial charge in [-0.05, 0) is 49.4 Å². The molecule has 0 aliphatic heterocycles. The fourth-order valence-electron chi connectivity index (χ4n) is 2.86. The zero-order chi connectivity index (χ0) is 22.7. The number of unbranched alkanes of at least 4 members (excludes halogenated alkanes) is 1. The smallest absolute Gasteiger partial charge is 0.337 e. The lowest BCUT2D eigenvalue weighted by molar-refractivity contribution is -0.152. The maximum Gasteiger partial charge on any atom is 0.337 e. The lowest BCUT2D eigenvalue weighted by Gasteiger charge is -2.17. The third kappa shape index (κ3) is 7.80. The van der Waals surface area contributed by atoms with E-state index in [0.717, 1.165) is 18.1 Å². The van der Waals surface area contributed by atoms with E-state index in [1.54, 1.807) is 0 Å². The van der Waals surface area contributed by atoms with Crippen LogP contribution >= 0.6 is 0 Å². The van der Waals surface area contributed by atoms with Gasteiger partial charge in [-0.1, -0.05) is 49.7 Å². The van der Waals surface area contributed by atoms with Gasteiger partial charge >= 0.3 is 11.9 Å². The topological polar surface area (TPSA) is 96.0 Å². The summed E-state index contributed by atoms with van der Waals surface area (Å²) in [4.78, 5) is 24.0. The van der Waals surface area contributed by atoms with E-state index in [9.17, 15) is 18.0 Å². The Labute approximate surface area is 183 Å². The zero-order valence-electron chi connectivity index (χ0n) is 17.8. The molecule has 31 heavy (non-hydrogen) atoms. The van der Waals surface area contributed by atoms with Gasteiger partial charge in [-0.25, -0.2) is 9.59 Å². The number of hydrogen-bond acceptors (Lipinski definition) is 7. The minimum absolute atomic E-state index is 0.0679. The van der Waals surface area contributed by atoms with E-state index in [1.807, 2.05) is 37.3 Å². The SMILES string of the molecule is CCCCOC(=O)[C@@H](CCCc1ccccc1)OS(=O)(=O)c1cccc(C(=O)OC)c1. The van der Waals surface area contributed by atoms with Crippen LogP contribution in [-0.2, 0) is 35.0 Å². The Morgan fingerprint density at radius 1 is 1.00 bits per heavy atom. The molecule has 0 fully saturated rings. The molecule has 0 N–H and O–H groups in total. The molecule has 2 rings (SSSR count). The minimum Gasteiger partial charge on any atom is -0.465 e. The van der Waals surface area contributed by atoms with Gasteiger partial charge < -0.3 is 9.47 Å². The summed E-state index contributed by atoms with van der Waals surface area (Å²) in [6.45, 7) is 2.16. The summed E-state index contributed by atoms with van der Waals surface area (Å²) in [7, 11) is -3.10. The molecule has 0 spiro atoms. The molecule has 0 radical (unpaired) electrons. The van der Waals surface area contributed by atoms with Gasteiger partial charge in [-0.2, -0.15) is 8.42 Å². The van der Waals surface area contributed by atoms with E-state index < -0.39 is 28.2 Å². The highest BCUT2D eigenvalue weighted by Crippen LogP contribution is 2.20. The number of esters is 2. The van der Waals surface area contributed by atoms with Gasteiger partial charge in [0.1, 0.15) is 0 Å². The molecule has 0 bridgehead atoms. The van der Waals surface area contributed by atoms with Crippen molar-refractivity contribution >= 4 is 22.1 Å². The van der Waals surface area contributed by atoms with Gasteiger partial charge in [0.05, 0.1) is 24.2 Å². The molecule has 0 aliphatic rings. The maximum absolute atomic E-state index is 12.8. The lowest BCUT2D eigenvalue weighted by Crippen LogP contribution is -2.30. The Hall–Kier alpha value is -2.71. The van der Waals surface area contributed by atoms with Crippen molar-refractivity contribution in [2.75, 3.05) is 13.7 Å². The van der Waals surface area contributed by atoms with Crippen LogP contribution in [-0.4, -0.2) is 40.2 Å². The molecule has 1 atom stereocenters. The molecule has 7 nitrogen and oxygen atoms in total. The predicted molar refractivity (Wildman–Crippen MR) is 115 cm³/mol. The van der Waals surface area contributed by atoms with E-state index in [1.165, 1.54) is 25.3 Å². The molecule has 0 unspecified atom stereocenters. The number of hydrogen-bond donors (Lipinski definition) is 0. The fourth-order valence-corrected chi connectivity index (χ4v) is 3.96. The van der Waals surface area contributed by atoms with Gasteiger partial charge in [0.2, 0.25) is 0 Å². The quantitative estimate of drug-likeness (QED) is 0.276. The summed E-state index contributed by atoms with van der Waals surface area (Å²) in [5, 5.41) is 0. The van der Waals surface area contributed by atoms with Crippen LogP contribution in [0.2, 0.25) is 0 Å². The van der Waals surface area contributed by atoms with Gasteiger partial charge in [-0.15, -0.1) is 0 Å². The minimum atomic E-state index is -4.30. The van der Waals surface area contributed by atoms with Crippen molar-refractivity contribution in [1.29, 1.82) is 0 Å². The number of rotatable bonds is 12. The summed E-state index contributed by atoms with van der Waals surface area (Å²) in [6.07, 6.45) is 1.63. The third-order valence-corrected chi connectivity index (χ3v) is 5.88. The van der Waals surface area contributed by atoms with Crippen molar-refractivity contribution in [3.05, 3.63) is 65.7 Å². The van der Waals surface area contributed by atoms with Crippen LogP contribution in [0.4, 0.5) is 0 Å². The van der Waals surface area contributed by atoms with Crippen molar-refractivity contribution in [3.63, 3.8) is 0 Å². The predicted octanol–water partition coefficient (Wildman–Crippen LogP) is 3.91. The molecule has 0 heterocycles. The molecular formula is C23H28O7S. The number of carbonyl (C=O) groups is 2. The molecule has 0 aliphatic carbocycles. The zero-order valence-corrected chi connectivity index (χ0v) is 18.6. The summed E-state index contributed by atoms with van der Waals surface area (Å²) < 4.78 is 40.7. The Morgan fingerprint density at radius 3 is 2.42 bits per heavy atom. The molecular weight excluding hydrogens is 420 g/mol. The molecule has 2 aromatic rings. The van der Waals surface area contributed by atoms with E-state index in [4.69, 9.17) is 8.92 Å². The number of aryl methyl sites for hydroxylation is 1. The van der Waals surface area contributed by atoms with E-state index in [-0.39, 0.29) is 23.5 Å². The van der Waals surface area contributed by atoms with E-state index in [0.29, 0.717) is 19.3 Å². The van der Waals surface area contributed by atoms with E-state index >= 15 is 0 Å². The summed E-state index contributed by atoms with van der Waals surface area (Å²) in [5.74, 6) is -1.38. The van der Waals surface area contributed by atoms with Gasteiger partial charge in [0, 0.05) is 0 Å². The highest BCUT2D eigenvalue weighted by atomic mass is 32.2. The van der Waals surface area contributed by atoms with Crippen LogP contribution in [0.1, 0.15) is 48.5 Å². The molecule has 0 aromatic heterocycles. The highest BCUT2D eigenvalue weighted by molar-refractivity contribution is 7.86. The highest BCUT2D eigenvalue weighted by Gasteiger charge is 2.29. The van der Waals surface area contributed by atoms with Crippen molar-refractivity contribution < 1.29 is 31.7 Å². The number of ether oxygens (including phenoxy) is 2. The molecule has 0 amide bonds. The van der Waals surface area contributed by atoms with Crippen molar-refractivity contribution in [3.8, 4) is 0 Å². The Kier molecular flexibility index (Phi) is 9.68. The Bertz CT molecular complexity index is 955. The largest absolute Gasteiger partial charge is 0.465 e. The summed E-state index contributed by atoms with van der Waals surface area (Å²) >= 11 is 0. The van der Waals surface area contributed by atoms with Crippen LogP contribution in [0.5, 0.6) is 0 Å². The van der Waals surface area contributed by atoms with Gasteiger partial charge in [0.15, 0.2) is 6.10 Å². The van der Waals surface area contributed by atoms with Crippen LogP contribution in [0.25, 0.3) is 0 Å². The maximum atomic E-state index is 12.8. The third-order valence-electron chi connectivity index (χ3n) is 4.57. The van der Waals surface area contributed by atoms with Crippen molar-refractivity contribution in [2.45, 2.75) is 50.0 Å². The van der Waals surface area contributed by atoms with Crippen LogP contribution in [0.15, 0.2) is 59.5 Å². The molecule has 8 heteroatoms. The Balaban J connectivity index is 2.14. The van der Waals surface area contributed by atoms with Gasteiger partial charge in [-0.3, -0.25) is 4.18 Å². The number of carbonyl (C=O) groups excluding carboxylic acids is 2. The standard InChI is InChI=1S/C23H28O7S/c1-3-4-16-29-23(25)21(15-8-12-18-10-6-5-7-11-18)30-31(26,27)20-14-9-13-19(17-20)22(24)28-2/h5-7,9-11,13-14,17,21H,3-4,8,12,15-16H2,1-2H3/t21-/m1/s1. The number of methoxy groups -OCH3 is 1. The second-order valence-electron chi connectivity index (χ2n) is 6.96. The van der Waals surface area contributed by atoms with Crippen molar-refractivity contribution in [2.24, 2.45) is 0 Å². The normalized spacial score (nSPS) is 12.2. The Morgan fingerprint density at radius 2 is 1.74 bits per heavy atom. The first kappa shape index (κ1) is 24.6. The average Bonchev–Trinajstić information content (AvgIpc) is 2.78. The lowest BCUT2D eigenvalue weighted by atomic mass is 10.1. The second kappa shape index (κ2) is 12.2. The molecule has 2 aromatic carbocycles. The summed E-state index contributed by atoms with van der Waals surface area (Å²) in [6, 6.07) is 15.0. The first-order chi connectivity index (χ1) is 14.9. The molecule has 0 saturated heterocycles. The van der Waals surface area contributed by atoms with Crippen LogP contribution in [0.3, 0.4) is 0 Å².